The van der Waals surface area contributed by atoms with Crippen LogP contribution in [0.4, 0.5) is 18.9 Å². The Bertz CT molecular complexity index is 1840. The minimum absolute atomic E-state index is 0.0279. The van der Waals surface area contributed by atoms with Gasteiger partial charge in [-0.25, -0.2) is 0 Å². The van der Waals surface area contributed by atoms with Gasteiger partial charge < -0.3 is 20.1 Å². The molecule has 0 spiro atoms. The molecule has 2 aromatic carbocycles. The second-order valence-corrected chi connectivity index (χ2v) is 14.4. The van der Waals surface area contributed by atoms with Crippen molar-refractivity contribution in [2.45, 2.75) is 41.6 Å². The number of aromatic amines is 1. The number of thiazole rings is 1. The van der Waals surface area contributed by atoms with Crippen LogP contribution in [0.1, 0.15) is 41.2 Å². The number of aromatic nitrogens is 1. The van der Waals surface area contributed by atoms with Gasteiger partial charge >= 0.3 is 17.0 Å². The van der Waals surface area contributed by atoms with E-state index in [0.29, 0.717) is 22.8 Å². The van der Waals surface area contributed by atoms with Gasteiger partial charge in [-0.15, -0.1) is 11.8 Å². The number of halogens is 3. The van der Waals surface area contributed by atoms with Gasteiger partial charge in [0.1, 0.15) is 5.75 Å². The maximum Gasteiger partial charge on any atom is 0.416 e. The number of alkyl halides is 3. The van der Waals surface area contributed by atoms with Gasteiger partial charge in [0.25, 0.3) is 5.91 Å². The summed E-state index contributed by atoms with van der Waals surface area (Å²) in [6.07, 6.45) is -3.87. The molecular formula is C32H28F3N3O7S2. The van der Waals surface area contributed by atoms with E-state index < -0.39 is 42.1 Å². The van der Waals surface area contributed by atoms with Crippen molar-refractivity contribution >= 4 is 52.5 Å². The monoisotopic (exact) mass is 687 g/mol. The number of carboxylic acids is 1. The molecule has 3 fully saturated rings. The van der Waals surface area contributed by atoms with Crippen molar-refractivity contribution < 1.29 is 42.2 Å². The minimum Gasteiger partial charge on any atom is -0.483 e. The molecule has 10 nitrogen and oxygen atoms in total. The van der Waals surface area contributed by atoms with Crippen LogP contribution in [0.2, 0.25) is 0 Å². The first-order valence-electron chi connectivity index (χ1n) is 15.1. The number of ether oxygens (including phenoxy) is 1. The topological polar surface area (TPSA) is 146 Å². The van der Waals surface area contributed by atoms with E-state index in [1.165, 1.54) is 28.8 Å². The predicted molar refractivity (Wildman–Crippen MR) is 164 cm³/mol. The zero-order valence-electron chi connectivity index (χ0n) is 24.5. The number of carbonyl (C=O) groups is 4. The van der Waals surface area contributed by atoms with Crippen LogP contribution in [-0.2, 0) is 25.4 Å². The Morgan fingerprint density at radius 2 is 1.79 bits per heavy atom. The Balaban J connectivity index is 1.15. The van der Waals surface area contributed by atoms with Gasteiger partial charge in [0.15, 0.2) is 6.61 Å². The number of fused-ring (bicyclic) bond motifs is 9. The molecule has 7 atom stereocenters. The van der Waals surface area contributed by atoms with E-state index in [2.05, 4.69) is 10.3 Å². The predicted octanol–water partition coefficient (Wildman–Crippen LogP) is 4.81. The molecule has 2 bridgehead atoms. The summed E-state index contributed by atoms with van der Waals surface area (Å²) in [6, 6.07) is 11.4. The largest absolute Gasteiger partial charge is 0.483 e. The van der Waals surface area contributed by atoms with Gasteiger partial charge in [0.05, 0.1) is 22.4 Å². The Morgan fingerprint density at radius 1 is 1.04 bits per heavy atom. The molecule has 246 valence electrons. The molecule has 3 N–H and O–H groups in total. The van der Waals surface area contributed by atoms with E-state index in [0.717, 1.165) is 28.3 Å². The van der Waals surface area contributed by atoms with Crippen molar-refractivity contribution in [3.8, 4) is 5.75 Å². The first kappa shape index (κ1) is 31.5. The summed E-state index contributed by atoms with van der Waals surface area (Å²) in [4.78, 5) is 68.3. The number of amides is 3. The number of anilines is 1. The van der Waals surface area contributed by atoms with Gasteiger partial charge in [0.2, 0.25) is 11.8 Å². The normalized spacial score (nSPS) is 27.4. The number of imide groups is 1. The molecule has 4 aliphatic rings. The van der Waals surface area contributed by atoms with Gasteiger partial charge in [0, 0.05) is 40.3 Å². The first-order chi connectivity index (χ1) is 22.4. The highest BCUT2D eigenvalue weighted by Gasteiger charge is 2.69. The Hall–Kier alpha value is -4.11. The van der Waals surface area contributed by atoms with Crippen LogP contribution in [0.15, 0.2) is 58.4 Å². The lowest BCUT2D eigenvalue weighted by atomic mass is 9.68. The Kier molecular flexibility index (Phi) is 7.94. The number of thioether (sulfide) groups is 1. The Morgan fingerprint density at radius 3 is 2.53 bits per heavy atom. The van der Waals surface area contributed by atoms with Crippen LogP contribution in [0.3, 0.4) is 0 Å². The second kappa shape index (κ2) is 11.8. The molecule has 7 rings (SSSR count). The maximum atomic E-state index is 13.7. The highest BCUT2D eigenvalue weighted by molar-refractivity contribution is 8.00. The molecule has 15 heteroatoms. The number of H-pyrrole nitrogens is 1. The van der Waals surface area contributed by atoms with E-state index in [9.17, 15) is 37.1 Å². The number of aliphatic carboxylic acids is 1. The average Bonchev–Trinajstić information content (AvgIpc) is 3.75. The molecule has 3 heterocycles. The molecule has 2 aliphatic carbocycles. The number of carbonyl (C=O) groups excluding carboxylic acids is 3. The number of nitrogens with one attached hydrogen (secondary N) is 2. The summed E-state index contributed by atoms with van der Waals surface area (Å²) in [7, 11) is 0. The molecule has 47 heavy (non-hydrogen) atoms. The summed E-state index contributed by atoms with van der Waals surface area (Å²) in [6.45, 7) is -0.434. The van der Waals surface area contributed by atoms with Gasteiger partial charge in [-0.1, -0.05) is 35.6 Å². The summed E-state index contributed by atoms with van der Waals surface area (Å²) >= 11 is 2.60. The van der Waals surface area contributed by atoms with E-state index >= 15 is 0 Å². The molecule has 2 saturated carbocycles. The number of rotatable bonds is 9. The molecule has 6 unspecified atom stereocenters. The zero-order chi connectivity index (χ0) is 33.2. The van der Waals surface area contributed by atoms with Crippen LogP contribution in [-0.4, -0.2) is 57.1 Å². The number of hydrogen-bond donors (Lipinski definition) is 3. The lowest BCUT2D eigenvalue weighted by Crippen LogP contribution is -2.42. The van der Waals surface area contributed by atoms with E-state index in [1.807, 2.05) is 6.07 Å². The SMILES string of the molecule is O=C(O)CCCN1C(=O)C2C3CC(C2C1=O)C1C3Sc2[nH]c(=O)sc2[C@@H]1c1ccccc1OCC(=O)Nc1cccc(C(F)(F)F)c1. The number of carboxylic acid groups (broad SMARTS) is 1. The molecule has 2 aliphatic heterocycles. The summed E-state index contributed by atoms with van der Waals surface area (Å²) < 4.78 is 45.4. The van der Waals surface area contributed by atoms with Gasteiger partial charge in [-0.05, 0) is 54.9 Å². The first-order valence-corrected chi connectivity index (χ1v) is 16.8. The quantitative estimate of drug-likeness (QED) is 0.272. The third-order valence-corrected chi connectivity index (χ3v) is 12.3. The van der Waals surface area contributed by atoms with Crippen molar-refractivity contribution in [1.82, 2.24) is 9.88 Å². The van der Waals surface area contributed by atoms with Crippen LogP contribution in [0.5, 0.6) is 5.75 Å². The standard InChI is InChI=1S/C32H28F3N3O7S2/c33-32(34,35)14-5-3-6-15(11-14)36-20(39)13-45-19-8-2-1-7-16(19)22-23-17-12-18(26(23)46-28-27(22)47-31(44)37-28)25-24(17)29(42)38(30(25)43)10-4-9-21(40)41/h1-3,5-8,11,17-18,22-26H,4,9-10,12-13H2,(H,36,39)(H,37,44)(H,40,41)/t17?,18?,22-,23?,24?,25?,26?/m1/s1. The number of hydrogen-bond acceptors (Lipinski definition) is 8. The van der Waals surface area contributed by atoms with Crippen molar-refractivity contribution in [2.24, 2.45) is 29.6 Å². The van der Waals surface area contributed by atoms with Gasteiger partial charge in [-0.3, -0.25) is 28.9 Å². The van der Waals surface area contributed by atoms with E-state index in [4.69, 9.17) is 9.84 Å². The number of para-hydroxylation sites is 1. The fourth-order valence-electron chi connectivity index (χ4n) is 8.02. The highest BCUT2D eigenvalue weighted by atomic mass is 32.2. The van der Waals surface area contributed by atoms with Gasteiger partial charge in [-0.2, -0.15) is 13.2 Å². The molecule has 3 amide bonds. The van der Waals surface area contributed by atoms with Crippen LogP contribution >= 0.6 is 23.1 Å². The van der Waals surface area contributed by atoms with Crippen LogP contribution < -0.4 is 14.9 Å². The minimum atomic E-state index is -4.57. The van der Waals surface area contributed by atoms with E-state index in [1.54, 1.807) is 18.2 Å². The molecule has 1 aromatic heterocycles. The molecule has 3 aromatic rings. The molecule has 0 radical (unpaired) electrons. The van der Waals surface area contributed by atoms with Crippen molar-refractivity contribution in [1.29, 1.82) is 0 Å². The molecule has 1 saturated heterocycles. The zero-order valence-corrected chi connectivity index (χ0v) is 26.1. The third-order valence-electron chi connectivity index (χ3n) is 9.67. The fourth-order valence-corrected chi connectivity index (χ4v) is 10.9. The van der Waals surface area contributed by atoms with Crippen LogP contribution in [0, 0.1) is 29.6 Å². The lowest BCUT2D eigenvalue weighted by Gasteiger charge is -2.43. The van der Waals surface area contributed by atoms with Crippen molar-refractivity contribution in [3.63, 3.8) is 0 Å². The lowest BCUT2D eigenvalue weighted by molar-refractivity contribution is -0.143. The summed E-state index contributed by atoms with van der Waals surface area (Å²) in [5, 5.41) is 12.1. The van der Waals surface area contributed by atoms with E-state index in [-0.39, 0.29) is 70.7 Å². The molecular weight excluding hydrogens is 659 g/mol. The number of nitrogens with zero attached hydrogens (tertiary/aromatic N) is 1. The highest BCUT2D eigenvalue weighted by Crippen LogP contribution is 2.69. The van der Waals surface area contributed by atoms with Crippen LogP contribution in [0.25, 0.3) is 0 Å². The van der Waals surface area contributed by atoms with Crippen molar-refractivity contribution in [3.05, 3.63) is 74.2 Å². The maximum absolute atomic E-state index is 13.7. The Labute approximate surface area is 273 Å². The third kappa shape index (κ3) is 5.52. The summed E-state index contributed by atoms with van der Waals surface area (Å²) in [5.74, 6) is -3.67. The summed E-state index contributed by atoms with van der Waals surface area (Å²) in [5.41, 5.74) is -0.225. The number of benzene rings is 2. The fraction of sp³-hybridized carbons (Fsp3) is 0.406. The smallest absolute Gasteiger partial charge is 0.416 e. The average molecular weight is 688 g/mol. The van der Waals surface area contributed by atoms with Crippen molar-refractivity contribution in [2.75, 3.05) is 18.5 Å². The second-order valence-electron chi connectivity index (χ2n) is 12.2. The number of likely N-dealkylation sites (tertiary alicyclic amines) is 1.